The summed E-state index contributed by atoms with van der Waals surface area (Å²) in [5.41, 5.74) is 5.42. The van der Waals surface area contributed by atoms with Crippen molar-refractivity contribution in [3.05, 3.63) is 65.2 Å². The third-order valence-corrected chi connectivity index (χ3v) is 12.5. The van der Waals surface area contributed by atoms with Gasteiger partial charge in [0.25, 0.3) is 0 Å². The molecule has 5 N–H and O–H groups in total. The van der Waals surface area contributed by atoms with Crippen molar-refractivity contribution in [2.24, 2.45) is 23.5 Å². The van der Waals surface area contributed by atoms with Crippen LogP contribution in [0.3, 0.4) is 0 Å². The molecule has 1 heterocycles. The number of carbonyl (C=O) groups excluding carboxylic acids is 4. The fraction of sp³-hybridized carbons (Fsp3) is 0.585. The lowest BCUT2D eigenvalue weighted by molar-refractivity contribution is -0.162. The van der Waals surface area contributed by atoms with Crippen molar-refractivity contribution >= 4 is 33.5 Å². The highest BCUT2D eigenvalue weighted by molar-refractivity contribution is 7.91. The first kappa shape index (κ1) is 42.6. The van der Waals surface area contributed by atoms with Crippen LogP contribution in [0.15, 0.2) is 53.4 Å². The molecule has 13 heteroatoms. The summed E-state index contributed by atoms with van der Waals surface area (Å²) in [5, 5.41) is 27.4. The largest absolute Gasteiger partial charge is 0.390 e. The molecule has 54 heavy (non-hydrogen) atoms. The standard InChI is InChI=1S/C41H57N5O7S/c1-26(2)22-41(33-25-54(52,53)37-17-16-31(23-42)18-32(33)37,46(28(5)47)39(50)34(43)19-29-12-8-6-9-13-29)40(51)45-35(20-30-14-10-7-11-15-30)36(48)21-38(49)44-24-27(3)4/h6,8-9,12-13,16-18,26-27,30,33-36,48H,7,10-11,14-15,19-22,24-25,43H2,1-5H3,(H,44,49)(H,45,51)/t33?,34-,35-,36-,41-/m0/s1. The van der Waals surface area contributed by atoms with Gasteiger partial charge in [0, 0.05) is 19.4 Å². The van der Waals surface area contributed by atoms with Crippen LogP contribution in [0.2, 0.25) is 0 Å². The topological polar surface area (TPSA) is 200 Å². The van der Waals surface area contributed by atoms with E-state index in [2.05, 4.69) is 10.6 Å². The number of nitrogens with one attached hydrogen (secondary N) is 2. The molecule has 0 radical (unpaired) electrons. The second-order valence-electron chi connectivity index (χ2n) is 16.0. The molecule has 0 bridgehead atoms. The number of rotatable bonds is 16. The van der Waals surface area contributed by atoms with Crippen LogP contribution in [0.1, 0.15) is 109 Å². The summed E-state index contributed by atoms with van der Waals surface area (Å²) in [5.74, 6) is -4.85. The molecule has 1 saturated carbocycles. The molecule has 12 nitrogen and oxygen atoms in total. The van der Waals surface area contributed by atoms with E-state index in [0.717, 1.165) is 49.5 Å². The molecule has 1 aliphatic carbocycles. The van der Waals surface area contributed by atoms with Crippen LogP contribution in [0.5, 0.6) is 0 Å². The third kappa shape index (κ3) is 10.1. The van der Waals surface area contributed by atoms with Gasteiger partial charge in [0.15, 0.2) is 9.84 Å². The summed E-state index contributed by atoms with van der Waals surface area (Å²) >= 11 is 0. The second kappa shape index (κ2) is 18.5. The molecular weight excluding hydrogens is 707 g/mol. The lowest BCUT2D eigenvalue weighted by Crippen LogP contribution is -2.69. The van der Waals surface area contributed by atoms with Gasteiger partial charge in [0.2, 0.25) is 23.6 Å². The number of hydrogen-bond donors (Lipinski definition) is 4. The normalized spacial score (nSPS) is 19.5. The SMILES string of the molecule is CC(=O)N(C(=O)[C@@H](N)Cc1ccccc1)[C@](CC(C)C)(C(=O)N[C@@H](CC1CCCCC1)[C@@H](O)CC(=O)NCC(C)C)C1CS(=O)(=O)c2ccc(C#N)cc21. The minimum absolute atomic E-state index is 0.0372. The monoisotopic (exact) mass is 763 g/mol. The lowest BCUT2D eigenvalue weighted by atomic mass is 9.72. The molecular formula is C41H57N5O7S. The van der Waals surface area contributed by atoms with Gasteiger partial charge in [-0.1, -0.05) is 90.1 Å². The molecule has 2 aromatic rings. The van der Waals surface area contributed by atoms with Crippen molar-refractivity contribution in [3.63, 3.8) is 0 Å². The Morgan fingerprint density at radius 2 is 1.69 bits per heavy atom. The smallest absolute Gasteiger partial charge is 0.247 e. The van der Waals surface area contributed by atoms with Crippen LogP contribution >= 0.6 is 0 Å². The van der Waals surface area contributed by atoms with Gasteiger partial charge in [-0.05, 0) is 66.3 Å². The molecule has 0 saturated heterocycles. The van der Waals surface area contributed by atoms with Gasteiger partial charge in [-0.2, -0.15) is 5.26 Å². The van der Waals surface area contributed by atoms with Gasteiger partial charge >= 0.3 is 0 Å². The molecule has 1 unspecified atom stereocenters. The molecule has 0 spiro atoms. The fourth-order valence-electron chi connectivity index (χ4n) is 8.20. The molecule has 4 amide bonds. The maximum atomic E-state index is 15.5. The van der Waals surface area contributed by atoms with Crippen LogP contribution in [-0.2, 0) is 35.4 Å². The van der Waals surface area contributed by atoms with Gasteiger partial charge < -0.3 is 21.5 Å². The lowest BCUT2D eigenvalue weighted by Gasteiger charge is -2.47. The van der Waals surface area contributed by atoms with E-state index >= 15 is 4.79 Å². The van der Waals surface area contributed by atoms with Crippen molar-refractivity contribution in [1.29, 1.82) is 5.26 Å². The van der Waals surface area contributed by atoms with E-state index in [1.165, 1.54) is 18.2 Å². The van der Waals surface area contributed by atoms with E-state index in [-0.39, 0.29) is 58.9 Å². The zero-order chi connectivity index (χ0) is 39.8. The van der Waals surface area contributed by atoms with E-state index < -0.39 is 63.0 Å². The van der Waals surface area contributed by atoms with Crippen LogP contribution in [0.25, 0.3) is 0 Å². The van der Waals surface area contributed by atoms with E-state index in [0.29, 0.717) is 13.0 Å². The molecule has 4 rings (SSSR count). The molecule has 0 aromatic heterocycles. The Bertz CT molecular complexity index is 1800. The highest BCUT2D eigenvalue weighted by Gasteiger charge is 2.59. The van der Waals surface area contributed by atoms with E-state index in [9.17, 15) is 33.2 Å². The number of nitrogens with zero attached hydrogens (tertiary/aromatic N) is 2. The average Bonchev–Trinajstić information content (AvgIpc) is 3.40. The van der Waals surface area contributed by atoms with Gasteiger partial charge in [-0.25, -0.2) is 8.42 Å². The van der Waals surface area contributed by atoms with Crippen LogP contribution < -0.4 is 16.4 Å². The van der Waals surface area contributed by atoms with Crippen LogP contribution in [0, 0.1) is 29.1 Å². The number of aliphatic hydroxyl groups is 1. The van der Waals surface area contributed by atoms with E-state index in [1.807, 2.05) is 26.0 Å². The Morgan fingerprint density at radius 3 is 2.28 bits per heavy atom. The predicted octanol–water partition coefficient (Wildman–Crippen LogP) is 4.14. The number of carbonyl (C=O) groups is 4. The summed E-state index contributed by atoms with van der Waals surface area (Å²) in [6, 6.07) is 12.9. The summed E-state index contributed by atoms with van der Waals surface area (Å²) in [4.78, 5) is 57.9. The first-order valence-corrected chi connectivity index (χ1v) is 20.8. The van der Waals surface area contributed by atoms with Crippen molar-refractivity contribution in [2.75, 3.05) is 12.3 Å². The first-order valence-electron chi connectivity index (χ1n) is 19.2. The zero-order valence-electron chi connectivity index (χ0n) is 32.2. The van der Waals surface area contributed by atoms with Crippen molar-refractivity contribution in [3.8, 4) is 6.07 Å². The van der Waals surface area contributed by atoms with E-state index in [4.69, 9.17) is 5.73 Å². The fourth-order valence-corrected chi connectivity index (χ4v) is 10.1. The molecule has 2 aromatic carbocycles. The Balaban J connectivity index is 1.90. The number of amides is 4. The van der Waals surface area contributed by atoms with Gasteiger partial charge in [0.1, 0.15) is 5.54 Å². The van der Waals surface area contributed by atoms with Crippen molar-refractivity contribution in [2.45, 2.75) is 127 Å². The summed E-state index contributed by atoms with van der Waals surface area (Å²) in [6.07, 6.45) is 3.37. The highest BCUT2D eigenvalue weighted by Crippen LogP contribution is 2.48. The number of aliphatic hydroxyl groups excluding tert-OH is 1. The molecule has 1 fully saturated rings. The van der Waals surface area contributed by atoms with Crippen LogP contribution in [0.4, 0.5) is 0 Å². The minimum atomic E-state index is -4.05. The Morgan fingerprint density at radius 1 is 1.02 bits per heavy atom. The van der Waals surface area contributed by atoms with E-state index in [1.54, 1.807) is 38.1 Å². The van der Waals surface area contributed by atoms with Gasteiger partial charge in [-0.3, -0.25) is 24.1 Å². The molecule has 2 aliphatic rings. The van der Waals surface area contributed by atoms with Gasteiger partial charge in [-0.15, -0.1) is 0 Å². The average molecular weight is 764 g/mol. The number of fused-ring (bicyclic) bond motifs is 1. The molecule has 5 atom stereocenters. The maximum absolute atomic E-state index is 15.5. The summed E-state index contributed by atoms with van der Waals surface area (Å²) in [6.45, 7) is 9.06. The number of benzene rings is 2. The quantitative estimate of drug-likeness (QED) is 0.194. The Kier molecular flexibility index (Phi) is 14.6. The highest BCUT2D eigenvalue weighted by atomic mass is 32.2. The number of nitrogens with two attached hydrogens (primary N) is 1. The first-order chi connectivity index (χ1) is 25.5. The summed E-state index contributed by atoms with van der Waals surface area (Å²) in [7, 11) is -4.05. The predicted molar refractivity (Wildman–Crippen MR) is 205 cm³/mol. The zero-order valence-corrected chi connectivity index (χ0v) is 33.0. The van der Waals surface area contributed by atoms with Crippen molar-refractivity contribution in [1.82, 2.24) is 15.5 Å². The van der Waals surface area contributed by atoms with Crippen molar-refractivity contribution < 1.29 is 32.7 Å². The summed E-state index contributed by atoms with van der Waals surface area (Å²) < 4.78 is 27.7. The maximum Gasteiger partial charge on any atom is 0.247 e. The minimum Gasteiger partial charge on any atom is -0.390 e. The number of imide groups is 1. The number of sulfone groups is 1. The Hall–Kier alpha value is -4.12. The Labute approximate surface area is 320 Å². The van der Waals surface area contributed by atoms with Gasteiger partial charge in [0.05, 0.1) is 46.9 Å². The number of nitriles is 1. The van der Waals surface area contributed by atoms with Crippen LogP contribution in [-0.4, -0.2) is 78.1 Å². The third-order valence-electron chi connectivity index (χ3n) is 10.7. The molecule has 294 valence electrons. The second-order valence-corrected chi connectivity index (χ2v) is 18.0. The number of hydrogen-bond acceptors (Lipinski definition) is 9. The molecule has 1 aliphatic heterocycles.